The Bertz CT molecular complexity index is 2170. The Morgan fingerprint density at radius 1 is 0.260 bits per heavy atom. The predicted octanol–water partition coefficient (Wildman–Crippen LogP) is 12.4. The largest absolute Gasteiger partial charge is 0.295 e. The van der Waals surface area contributed by atoms with E-state index in [1.165, 1.54) is 0 Å². The van der Waals surface area contributed by atoms with Crippen LogP contribution in [0, 0.1) is 0 Å². The molecule has 1 heterocycles. The highest BCUT2D eigenvalue weighted by molar-refractivity contribution is 5.84. The van der Waals surface area contributed by atoms with Gasteiger partial charge in [0.05, 0.1) is 0 Å². The Morgan fingerprint density at radius 3 is 0.980 bits per heavy atom. The van der Waals surface area contributed by atoms with Gasteiger partial charge in [0.25, 0.3) is 0 Å². The number of hydrogen-bond acceptors (Lipinski definition) is 4. The normalized spacial score (nSPS) is 10.8. The maximum Gasteiger partial charge on any atom is 0.163 e. The molecular formula is C46H34N4. The molecule has 0 unspecified atom stereocenters. The quantitative estimate of drug-likeness (QED) is 0.157. The molecule has 8 rings (SSSR count). The molecule has 0 aliphatic rings. The summed E-state index contributed by atoms with van der Waals surface area (Å²) >= 11 is 0. The van der Waals surface area contributed by atoms with Crippen LogP contribution in [0.2, 0.25) is 0 Å². The molecule has 0 aliphatic carbocycles. The lowest BCUT2D eigenvalue weighted by Crippen LogP contribution is -2.16. The average Bonchev–Trinajstić information content (AvgIpc) is 3.20. The maximum absolute atomic E-state index is 5.28. The summed E-state index contributed by atoms with van der Waals surface area (Å²) in [5.41, 5.74) is 9.51. The van der Waals surface area contributed by atoms with Gasteiger partial charge in [-0.2, -0.15) is 0 Å². The number of anilines is 6. The fraction of sp³-hybridized carbons (Fsp3) is 0. The molecule has 0 saturated carbocycles. The van der Waals surface area contributed by atoms with Gasteiger partial charge in [0.2, 0.25) is 0 Å². The molecule has 0 spiro atoms. The number of nitrogens with zero attached hydrogens (tertiary/aromatic N) is 4. The first kappa shape index (κ1) is 30.5. The first-order chi connectivity index (χ1) is 24.8. The second-order valence-electron chi connectivity index (χ2n) is 11.9. The molecule has 8 aromatic rings. The lowest BCUT2D eigenvalue weighted by Gasteiger charge is -2.29. The molecule has 0 N–H and O–H groups in total. The van der Waals surface area contributed by atoms with Crippen LogP contribution in [-0.4, -0.2) is 9.97 Å². The van der Waals surface area contributed by atoms with Crippen molar-refractivity contribution < 1.29 is 0 Å². The van der Waals surface area contributed by atoms with Crippen molar-refractivity contribution in [2.75, 3.05) is 9.80 Å². The van der Waals surface area contributed by atoms with Gasteiger partial charge in [0.15, 0.2) is 5.82 Å². The summed E-state index contributed by atoms with van der Waals surface area (Å²) in [6.07, 6.45) is 0. The summed E-state index contributed by atoms with van der Waals surface area (Å²) in [7, 11) is 0. The van der Waals surface area contributed by atoms with E-state index in [0.717, 1.165) is 62.2 Å². The molecule has 0 aliphatic heterocycles. The lowest BCUT2D eigenvalue weighted by atomic mass is 10.0. The van der Waals surface area contributed by atoms with E-state index < -0.39 is 0 Å². The highest BCUT2D eigenvalue weighted by Gasteiger charge is 2.22. The molecule has 0 fully saturated rings. The molecular weight excluding hydrogens is 609 g/mol. The van der Waals surface area contributed by atoms with Gasteiger partial charge in [-0.05, 0) is 70.8 Å². The van der Waals surface area contributed by atoms with E-state index >= 15 is 0 Å². The van der Waals surface area contributed by atoms with Crippen LogP contribution in [0.3, 0.4) is 0 Å². The molecule has 0 amide bonds. The molecule has 50 heavy (non-hydrogen) atoms. The summed E-state index contributed by atoms with van der Waals surface area (Å²) in [6.45, 7) is 0. The van der Waals surface area contributed by atoms with Crippen LogP contribution >= 0.6 is 0 Å². The zero-order valence-electron chi connectivity index (χ0n) is 27.4. The lowest BCUT2D eigenvalue weighted by molar-refractivity contribution is 1.09. The highest BCUT2D eigenvalue weighted by atomic mass is 15.3. The van der Waals surface area contributed by atoms with Crippen molar-refractivity contribution >= 4 is 34.4 Å². The Morgan fingerprint density at radius 2 is 0.580 bits per heavy atom. The third-order valence-corrected chi connectivity index (χ3v) is 8.64. The van der Waals surface area contributed by atoms with E-state index in [-0.39, 0.29) is 0 Å². The third-order valence-electron chi connectivity index (χ3n) is 8.64. The predicted molar refractivity (Wildman–Crippen MR) is 208 cm³/mol. The van der Waals surface area contributed by atoms with Crippen molar-refractivity contribution in [1.82, 2.24) is 9.97 Å². The SMILES string of the molecule is c1ccc(-c2cccc(N(c3ccccc3)c3cc(N(c4ccccc4)c4cccc(-c5ccccc5)c4)nc(-c4ccccc4)n3)c2)cc1. The minimum Gasteiger partial charge on any atom is -0.295 e. The molecule has 7 aromatic carbocycles. The Hall–Kier alpha value is -6.78. The molecule has 0 saturated heterocycles. The minimum absolute atomic E-state index is 0.637. The monoisotopic (exact) mass is 642 g/mol. The topological polar surface area (TPSA) is 32.3 Å². The first-order valence-electron chi connectivity index (χ1n) is 16.8. The van der Waals surface area contributed by atoms with Crippen LogP contribution in [-0.2, 0) is 0 Å². The number of rotatable bonds is 9. The van der Waals surface area contributed by atoms with Crippen LogP contribution in [0.1, 0.15) is 0 Å². The van der Waals surface area contributed by atoms with Crippen molar-refractivity contribution in [3.8, 4) is 33.6 Å². The number of aromatic nitrogens is 2. The second-order valence-corrected chi connectivity index (χ2v) is 11.9. The second kappa shape index (κ2) is 14.1. The van der Waals surface area contributed by atoms with Gasteiger partial charge in [0.1, 0.15) is 11.6 Å². The molecule has 0 bridgehead atoms. The van der Waals surface area contributed by atoms with Crippen molar-refractivity contribution in [3.05, 3.63) is 206 Å². The fourth-order valence-corrected chi connectivity index (χ4v) is 6.26. The number of benzene rings is 7. The first-order valence-corrected chi connectivity index (χ1v) is 16.8. The molecule has 238 valence electrons. The van der Waals surface area contributed by atoms with E-state index in [1.54, 1.807) is 0 Å². The van der Waals surface area contributed by atoms with E-state index in [9.17, 15) is 0 Å². The van der Waals surface area contributed by atoms with Crippen LogP contribution in [0.5, 0.6) is 0 Å². The Labute approximate surface area is 293 Å². The molecule has 0 atom stereocenters. The van der Waals surface area contributed by atoms with Gasteiger partial charge in [-0.1, -0.05) is 152 Å². The Balaban J connectivity index is 1.36. The summed E-state index contributed by atoms with van der Waals surface area (Å²) in [5, 5.41) is 0. The van der Waals surface area contributed by atoms with Gasteiger partial charge < -0.3 is 0 Å². The minimum atomic E-state index is 0.637. The Kier molecular flexibility index (Phi) is 8.64. The summed E-state index contributed by atoms with van der Waals surface area (Å²) in [5.74, 6) is 2.15. The molecule has 4 nitrogen and oxygen atoms in total. The fourth-order valence-electron chi connectivity index (χ4n) is 6.26. The van der Waals surface area contributed by atoms with Crippen molar-refractivity contribution in [1.29, 1.82) is 0 Å². The van der Waals surface area contributed by atoms with E-state index in [4.69, 9.17) is 9.97 Å². The summed E-state index contributed by atoms with van der Waals surface area (Å²) in [4.78, 5) is 15.0. The summed E-state index contributed by atoms with van der Waals surface area (Å²) in [6, 6.07) is 71.4. The van der Waals surface area contributed by atoms with Crippen LogP contribution in [0.4, 0.5) is 34.4 Å². The summed E-state index contributed by atoms with van der Waals surface area (Å²) < 4.78 is 0. The smallest absolute Gasteiger partial charge is 0.163 e. The van der Waals surface area contributed by atoms with Gasteiger partial charge in [0, 0.05) is 34.4 Å². The number of hydrogen-bond donors (Lipinski definition) is 0. The van der Waals surface area contributed by atoms with E-state index in [0.29, 0.717) is 5.82 Å². The van der Waals surface area contributed by atoms with Crippen LogP contribution in [0.25, 0.3) is 33.6 Å². The zero-order valence-corrected chi connectivity index (χ0v) is 27.4. The van der Waals surface area contributed by atoms with Gasteiger partial charge in [-0.3, -0.25) is 9.80 Å². The molecule has 4 heteroatoms. The van der Waals surface area contributed by atoms with Gasteiger partial charge in [-0.25, -0.2) is 9.97 Å². The highest BCUT2D eigenvalue weighted by Crippen LogP contribution is 2.41. The van der Waals surface area contributed by atoms with Gasteiger partial charge >= 0.3 is 0 Å². The standard InChI is InChI=1S/C46H34N4/c1-6-18-35(19-7-1)38-24-16-30-42(32-38)49(40-26-12-4-13-27-40)44-34-45(48-46(47-44)37-22-10-3-11-23-37)50(41-28-14-5-15-29-41)43-31-17-25-39(33-43)36-20-8-2-9-21-36/h1-34H. The van der Waals surface area contributed by atoms with E-state index in [1.807, 2.05) is 42.5 Å². The average molecular weight is 643 g/mol. The van der Waals surface area contributed by atoms with Crippen LogP contribution in [0.15, 0.2) is 206 Å². The van der Waals surface area contributed by atoms with E-state index in [2.05, 4.69) is 174 Å². The maximum atomic E-state index is 5.28. The zero-order chi connectivity index (χ0) is 33.5. The third kappa shape index (κ3) is 6.51. The van der Waals surface area contributed by atoms with Crippen LogP contribution < -0.4 is 9.80 Å². The van der Waals surface area contributed by atoms with Crippen molar-refractivity contribution in [2.24, 2.45) is 0 Å². The van der Waals surface area contributed by atoms with Crippen molar-refractivity contribution in [3.63, 3.8) is 0 Å². The number of para-hydroxylation sites is 2. The van der Waals surface area contributed by atoms with Gasteiger partial charge in [-0.15, -0.1) is 0 Å². The molecule has 0 radical (unpaired) electrons. The van der Waals surface area contributed by atoms with Crippen molar-refractivity contribution in [2.45, 2.75) is 0 Å². The molecule has 1 aromatic heterocycles.